The average Bonchev–Trinajstić information content (AvgIpc) is 3.27. The van der Waals surface area contributed by atoms with E-state index in [9.17, 15) is 4.39 Å². The van der Waals surface area contributed by atoms with Crippen molar-refractivity contribution in [2.24, 2.45) is 4.99 Å². The molecule has 1 N–H and O–H groups in total. The number of benzene rings is 1. The molecule has 1 aliphatic carbocycles. The van der Waals surface area contributed by atoms with Gasteiger partial charge in [0.15, 0.2) is 5.96 Å². The van der Waals surface area contributed by atoms with Crippen LogP contribution in [0.5, 0.6) is 0 Å². The third kappa shape index (κ3) is 6.04. The minimum atomic E-state index is -0.102. The van der Waals surface area contributed by atoms with Crippen molar-refractivity contribution in [3.63, 3.8) is 0 Å². The largest absolute Gasteiger partial charge is 0.376 e. The van der Waals surface area contributed by atoms with Gasteiger partial charge in [0.25, 0.3) is 0 Å². The van der Waals surface area contributed by atoms with Crippen LogP contribution in [0.15, 0.2) is 29.3 Å². The topological polar surface area (TPSA) is 46.1 Å². The van der Waals surface area contributed by atoms with Crippen LogP contribution in [0.3, 0.4) is 0 Å². The summed E-state index contributed by atoms with van der Waals surface area (Å²) >= 11 is 0. The van der Waals surface area contributed by atoms with Gasteiger partial charge in [-0.05, 0) is 50.7 Å². The summed E-state index contributed by atoms with van der Waals surface area (Å²) in [4.78, 5) is 7.02. The Morgan fingerprint density at radius 1 is 1.28 bits per heavy atom. The van der Waals surface area contributed by atoms with Crippen LogP contribution in [0.25, 0.3) is 0 Å². The number of hydrogen-bond acceptors (Lipinski definition) is 3. The Balaban J connectivity index is 0.00000240. The van der Waals surface area contributed by atoms with Gasteiger partial charge in [0.05, 0.1) is 18.8 Å². The lowest BCUT2D eigenvalue weighted by Crippen LogP contribution is -2.48. The summed E-state index contributed by atoms with van der Waals surface area (Å²) < 4.78 is 25.8. The molecule has 162 valence electrons. The first-order valence-corrected chi connectivity index (χ1v) is 10.8. The van der Waals surface area contributed by atoms with E-state index in [1.54, 1.807) is 12.1 Å². The minimum absolute atomic E-state index is 0. The van der Waals surface area contributed by atoms with Crippen LogP contribution in [0.1, 0.15) is 50.5 Å². The highest BCUT2D eigenvalue weighted by molar-refractivity contribution is 14.0. The van der Waals surface area contributed by atoms with Crippen molar-refractivity contribution in [3.8, 4) is 0 Å². The molecular weight excluding hydrogens is 484 g/mol. The molecule has 1 aromatic rings. The standard InChI is InChI=1S/C22H32FN3O2.HI/c1-2-24-22(25-21-14-19(21)18-7-3-4-8-20(18)23)26-11-9-16(10-12-26)28-15-17-6-5-13-27-17;/h3-4,7-8,16-17,19,21H,2,5-6,9-15H2,1H3,(H,24,25);1H. The SMILES string of the molecule is CCN=C(NC1CC1c1ccccc1F)N1CCC(OCC2CCCO2)CC1.I. The van der Waals surface area contributed by atoms with E-state index in [1.807, 2.05) is 12.1 Å². The Bertz CT molecular complexity index is 676. The van der Waals surface area contributed by atoms with Gasteiger partial charge < -0.3 is 19.7 Å². The molecule has 0 amide bonds. The molecule has 2 saturated heterocycles. The minimum Gasteiger partial charge on any atom is -0.376 e. The van der Waals surface area contributed by atoms with Crippen molar-refractivity contribution in [3.05, 3.63) is 35.6 Å². The second-order valence-electron chi connectivity index (χ2n) is 8.07. The maximum absolute atomic E-state index is 14.0. The van der Waals surface area contributed by atoms with E-state index in [0.717, 1.165) is 76.5 Å². The van der Waals surface area contributed by atoms with Crippen molar-refractivity contribution in [2.45, 2.75) is 63.2 Å². The number of halogens is 2. The van der Waals surface area contributed by atoms with Crippen LogP contribution in [-0.2, 0) is 9.47 Å². The van der Waals surface area contributed by atoms with Crippen LogP contribution in [0.2, 0.25) is 0 Å². The van der Waals surface area contributed by atoms with E-state index >= 15 is 0 Å². The lowest BCUT2D eigenvalue weighted by atomic mass is 10.1. The summed E-state index contributed by atoms with van der Waals surface area (Å²) in [5, 5.41) is 3.58. The first-order chi connectivity index (χ1) is 13.7. The van der Waals surface area contributed by atoms with E-state index in [0.29, 0.717) is 12.2 Å². The molecule has 7 heteroatoms. The van der Waals surface area contributed by atoms with Gasteiger partial charge in [-0.1, -0.05) is 18.2 Å². The van der Waals surface area contributed by atoms with Gasteiger partial charge in [0.1, 0.15) is 5.82 Å². The third-order valence-corrected chi connectivity index (χ3v) is 6.00. The van der Waals surface area contributed by atoms with Gasteiger partial charge in [-0.2, -0.15) is 0 Å². The Morgan fingerprint density at radius 3 is 2.76 bits per heavy atom. The van der Waals surface area contributed by atoms with Gasteiger partial charge in [0, 0.05) is 38.2 Å². The molecule has 0 spiro atoms. The molecule has 1 saturated carbocycles. The summed E-state index contributed by atoms with van der Waals surface area (Å²) in [6.07, 6.45) is 5.88. The molecule has 2 aliphatic heterocycles. The predicted molar refractivity (Wildman–Crippen MR) is 124 cm³/mol. The molecule has 0 bridgehead atoms. The lowest BCUT2D eigenvalue weighted by Gasteiger charge is -2.34. The normalized spacial score (nSPS) is 27.6. The average molecular weight is 517 g/mol. The highest BCUT2D eigenvalue weighted by Gasteiger charge is 2.41. The zero-order valence-electron chi connectivity index (χ0n) is 17.2. The molecule has 3 unspecified atom stereocenters. The van der Waals surface area contributed by atoms with Crippen LogP contribution < -0.4 is 5.32 Å². The predicted octanol–water partition coefficient (Wildman–Crippen LogP) is 3.93. The highest BCUT2D eigenvalue weighted by Crippen LogP contribution is 2.42. The van der Waals surface area contributed by atoms with E-state index < -0.39 is 0 Å². The van der Waals surface area contributed by atoms with Crippen molar-refractivity contribution >= 4 is 29.9 Å². The molecule has 5 nitrogen and oxygen atoms in total. The second kappa shape index (κ2) is 10.9. The van der Waals surface area contributed by atoms with Crippen molar-refractivity contribution in [1.29, 1.82) is 0 Å². The molecule has 0 aromatic heterocycles. The van der Waals surface area contributed by atoms with E-state index in [4.69, 9.17) is 9.47 Å². The zero-order chi connectivity index (χ0) is 19.3. The molecule has 4 rings (SSSR count). The van der Waals surface area contributed by atoms with Crippen molar-refractivity contribution in [1.82, 2.24) is 10.2 Å². The van der Waals surface area contributed by atoms with E-state index in [2.05, 4.69) is 22.1 Å². The number of nitrogens with one attached hydrogen (secondary N) is 1. The maximum atomic E-state index is 14.0. The zero-order valence-corrected chi connectivity index (χ0v) is 19.5. The Hall–Kier alpha value is -0.930. The number of ether oxygens (including phenoxy) is 2. The first-order valence-electron chi connectivity index (χ1n) is 10.8. The maximum Gasteiger partial charge on any atom is 0.194 e. The summed E-state index contributed by atoms with van der Waals surface area (Å²) in [6.45, 7) is 6.29. The van der Waals surface area contributed by atoms with Gasteiger partial charge in [-0.3, -0.25) is 4.99 Å². The molecule has 29 heavy (non-hydrogen) atoms. The molecule has 1 aromatic carbocycles. The van der Waals surface area contributed by atoms with Gasteiger partial charge in [0.2, 0.25) is 0 Å². The second-order valence-corrected chi connectivity index (χ2v) is 8.07. The quantitative estimate of drug-likeness (QED) is 0.353. The molecule has 3 aliphatic rings. The number of hydrogen-bond donors (Lipinski definition) is 1. The molecule has 3 atom stereocenters. The highest BCUT2D eigenvalue weighted by atomic mass is 127. The van der Waals surface area contributed by atoms with Crippen LogP contribution in [0.4, 0.5) is 4.39 Å². The number of likely N-dealkylation sites (tertiary alicyclic amines) is 1. The van der Waals surface area contributed by atoms with E-state index in [1.165, 1.54) is 0 Å². The molecular formula is C22H33FIN3O2. The smallest absolute Gasteiger partial charge is 0.194 e. The van der Waals surface area contributed by atoms with E-state index in [-0.39, 0.29) is 41.8 Å². The molecule has 0 radical (unpaired) electrons. The Labute approximate surface area is 190 Å². The van der Waals surface area contributed by atoms with Crippen LogP contribution in [0, 0.1) is 5.82 Å². The summed E-state index contributed by atoms with van der Waals surface area (Å²) in [6, 6.07) is 7.38. The number of guanidine groups is 1. The number of aliphatic imine (C=N–C) groups is 1. The van der Waals surface area contributed by atoms with Gasteiger partial charge >= 0.3 is 0 Å². The summed E-state index contributed by atoms with van der Waals surface area (Å²) in [5.74, 6) is 1.11. The number of nitrogens with zero attached hydrogens (tertiary/aromatic N) is 2. The lowest BCUT2D eigenvalue weighted by molar-refractivity contribution is -0.0367. The van der Waals surface area contributed by atoms with Gasteiger partial charge in [-0.25, -0.2) is 4.39 Å². The fourth-order valence-electron chi connectivity index (χ4n) is 4.28. The van der Waals surface area contributed by atoms with Gasteiger partial charge in [-0.15, -0.1) is 24.0 Å². The molecule has 2 heterocycles. The van der Waals surface area contributed by atoms with Crippen LogP contribution >= 0.6 is 24.0 Å². The summed E-state index contributed by atoms with van der Waals surface area (Å²) in [5.41, 5.74) is 0.817. The third-order valence-electron chi connectivity index (χ3n) is 6.00. The Morgan fingerprint density at radius 2 is 2.07 bits per heavy atom. The fourth-order valence-corrected chi connectivity index (χ4v) is 4.28. The summed E-state index contributed by atoms with van der Waals surface area (Å²) in [7, 11) is 0. The molecule has 3 fully saturated rings. The number of piperidine rings is 1. The van der Waals surface area contributed by atoms with Crippen molar-refractivity contribution < 1.29 is 13.9 Å². The van der Waals surface area contributed by atoms with Crippen LogP contribution in [-0.4, -0.2) is 62.0 Å². The first kappa shape index (κ1) is 22.7. The monoisotopic (exact) mass is 517 g/mol. The van der Waals surface area contributed by atoms with Crippen molar-refractivity contribution in [2.75, 3.05) is 32.8 Å². The fraction of sp³-hybridized carbons (Fsp3) is 0.682. The Kier molecular flexibility index (Phi) is 8.56. The number of rotatable bonds is 6.